The van der Waals surface area contributed by atoms with Crippen molar-refractivity contribution in [2.45, 2.75) is 218 Å². The standard InChI is InChI=1S/C47H88O4S2Si2/c1-16-35-20-22-39-38-21-19-36-33-37(52-31-27-46(48,17-2)25-29-50-54(12,13)42(4,5)6)34-41(45(36,11)40(38)23-24-44(35,39)10)53-32-28-47(49,18-3)26-30-51-55(14,15)43(7,8)9/h19,21,35,37,39-41,48-49H,16-18,20,22-34H2,1-15H3/t35-,37?,39-,40-,41?,44+,45-,46?,47?/m0/s1. The van der Waals surface area contributed by atoms with Crippen LogP contribution in [0.3, 0.4) is 0 Å². The van der Waals surface area contributed by atoms with Gasteiger partial charge >= 0.3 is 0 Å². The largest absolute Gasteiger partial charge is 0.417 e. The van der Waals surface area contributed by atoms with Crippen molar-refractivity contribution in [2.75, 3.05) is 24.7 Å². The van der Waals surface area contributed by atoms with Gasteiger partial charge in [-0.15, -0.1) is 0 Å². The predicted octanol–water partition coefficient (Wildman–Crippen LogP) is 13.6. The maximum absolute atomic E-state index is 11.9. The summed E-state index contributed by atoms with van der Waals surface area (Å²) in [6.45, 7) is 36.3. The van der Waals surface area contributed by atoms with Crippen LogP contribution in [0.4, 0.5) is 0 Å². The normalized spacial score (nSPS) is 32.5. The van der Waals surface area contributed by atoms with Gasteiger partial charge < -0.3 is 19.1 Å². The minimum absolute atomic E-state index is 0.165. The van der Waals surface area contributed by atoms with Gasteiger partial charge in [-0.2, -0.15) is 23.5 Å². The third kappa shape index (κ3) is 10.7. The second kappa shape index (κ2) is 18.2. The van der Waals surface area contributed by atoms with Gasteiger partial charge in [-0.3, -0.25) is 0 Å². The highest BCUT2D eigenvalue weighted by molar-refractivity contribution is 8.00. The fourth-order valence-corrected chi connectivity index (χ4v) is 15.8. The van der Waals surface area contributed by atoms with Crippen molar-refractivity contribution >= 4 is 40.2 Å². The van der Waals surface area contributed by atoms with Crippen molar-refractivity contribution < 1.29 is 19.1 Å². The van der Waals surface area contributed by atoms with Crippen LogP contribution in [0.25, 0.3) is 0 Å². The number of hydrogen-bond acceptors (Lipinski definition) is 6. The molecule has 8 heteroatoms. The smallest absolute Gasteiger partial charge is 0.191 e. The minimum atomic E-state index is -1.85. The molecule has 3 saturated carbocycles. The summed E-state index contributed by atoms with van der Waals surface area (Å²) in [4.78, 5) is 0. The molecule has 4 aliphatic carbocycles. The molecule has 0 amide bonds. The Balaban J connectivity index is 1.48. The summed E-state index contributed by atoms with van der Waals surface area (Å²) in [7, 11) is -3.68. The summed E-state index contributed by atoms with van der Waals surface area (Å²) in [5, 5.41) is 25.1. The van der Waals surface area contributed by atoms with Crippen LogP contribution in [0.15, 0.2) is 23.3 Å². The van der Waals surface area contributed by atoms with Crippen LogP contribution in [-0.2, 0) is 8.85 Å². The number of hydrogen-bond donors (Lipinski definition) is 2. The van der Waals surface area contributed by atoms with E-state index in [1.807, 2.05) is 0 Å². The van der Waals surface area contributed by atoms with Crippen molar-refractivity contribution in [3.63, 3.8) is 0 Å². The monoisotopic (exact) mass is 837 g/mol. The molecule has 2 N–H and O–H groups in total. The Hall–Kier alpha value is 0.454. The SMILES string of the molecule is CC[C@H]1CC[C@H]2C3=CC=C4CC(SCCC(O)(CC)CCO[Si](C)(C)C(C)(C)C)CC(SCCC(O)(CC)CCO[Si](C)(C)C(C)(C)C)[C@]4(C)[C@H]3CC[C@]12C. The van der Waals surface area contributed by atoms with Crippen molar-refractivity contribution in [1.82, 2.24) is 0 Å². The summed E-state index contributed by atoms with van der Waals surface area (Å²) in [5.74, 6) is 4.22. The third-order valence-electron chi connectivity index (χ3n) is 17.1. The van der Waals surface area contributed by atoms with Gasteiger partial charge in [0.15, 0.2) is 16.6 Å². The quantitative estimate of drug-likeness (QED) is 0.126. The maximum Gasteiger partial charge on any atom is 0.191 e. The molecule has 0 spiro atoms. The van der Waals surface area contributed by atoms with Crippen LogP contribution in [0.1, 0.15) is 160 Å². The first-order valence-electron chi connectivity index (χ1n) is 22.7. The zero-order valence-corrected chi connectivity index (χ0v) is 42.2. The fourth-order valence-electron chi connectivity index (χ4n) is 10.3. The number of thioether (sulfide) groups is 2. The molecule has 0 aromatic carbocycles. The molecule has 0 radical (unpaired) electrons. The molecule has 0 saturated heterocycles. The molecule has 0 aromatic heterocycles. The summed E-state index contributed by atoms with van der Waals surface area (Å²) < 4.78 is 13.1. The first-order valence-corrected chi connectivity index (χ1v) is 30.6. The first-order chi connectivity index (χ1) is 25.3. The van der Waals surface area contributed by atoms with E-state index in [2.05, 4.69) is 138 Å². The van der Waals surface area contributed by atoms with E-state index in [9.17, 15) is 10.2 Å². The van der Waals surface area contributed by atoms with E-state index in [1.165, 1.54) is 44.9 Å². The van der Waals surface area contributed by atoms with Gasteiger partial charge in [-0.1, -0.05) is 106 Å². The second-order valence-electron chi connectivity index (χ2n) is 22.1. The molecule has 9 atom stereocenters. The average Bonchev–Trinajstić information content (AvgIpc) is 3.43. The number of fused-ring (bicyclic) bond motifs is 5. The lowest BCUT2D eigenvalue weighted by Gasteiger charge is -2.57. The van der Waals surface area contributed by atoms with Crippen LogP contribution < -0.4 is 0 Å². The summed E-state index contributed by atoms with van der Waals surface area (Å²) >= 11 is 4.30. The summed E-state index contributed by atoms with van der Waals surface area (Å²) in [6.07, 6.45) is 19.0. The van der Waals surface area contributed by atoms with Gasteiger partial charge in [-0.25, -0.2) is 0 Å². The van der Waals surface area contributed by atoms with E-state index in [0.717, 1.165) is 61.9 Å². The number of rotatable bonds is 19. The van der Waals surface area contributed by atoms with E-state index in [4.69, 9.17) is 8.85 Å². The molecule has 4 unspecified atom stereocenters. The van der Waals surface area contributed by atoms with Gasteiger partial charge in [0.2, 0.25) is 0 Å². The van der Waals surface area contributed by atoms with Crippen molar-refractivity contribution in [2.24, 2.45) is 28.6 Å². The van der Waals surface area contributed by atoms with Crippen molar-refractivity contribution in [3.05, 3.63) is 23.3 Å². The van der Waals surface area contributed by atoms with Crippen molar-refractivity contribution in [1.29, 1.82) is 0 Å². The predicted molar refractivity (Wildman–Crippen MR) is 249 cm³/mol. The van der Waals surface area contributed by atoms with E-state index in [1.54, 1.807) is 11.1 Å². The lowest BCUT2D eigenvalue weighted by atomic mass is 9.50. The lowest BCUT2D eigenvalue weighted by molar-refractivity contribution is 0.0107. The molecule has 4 aliphatic rings. The van der Waals surface area contributed by atoms with Crippen LogP contribution in [-0.4, -0.2) is 73.3 Å². The Labute approximate surface area is 351 Å². The molecule has 3 fully saturated rings. The number of aliphatic hydroxyl groups is 2. The van der Waals surface area contributed by atoms with Gasteiger partial charge in [0.25, 0.3) is 0 Å². The Morgan fingerprint density at radius 2 is 1.25 bits per heavy atom. The van der Waals surface area contributed by atoms with E-state index < -0.39 is 27.8 Å². The highest BCUT2D eigenvalue weighted by Crippen LogP contribution is 2.67. The Morgan fingerprint density at radius 1 is 0.727 bits per heavy atom. The van der Waals surface area contributed by atoms with E-state index >= 15 is 0 Å². The topological polar surface area (TPSA) is 58.9 Å². The van der Waals surface area contributed by atoms with E-state index in [0.29, 0.717) is 35.0 Å². The molecule has 55 heavy (non-hydrogen) atoms. The van der Waals surface area contributed by atoms with Crippen LogP contribution in [0.2, 0.25) is 36.3 Å². The fraction of sp³-hybridized carbons (Fsp3) is 0.915. The molecule has 0 bridgehead atoms. The molecular weight excluding hydrogens is 749 g/mol. The Kier molecular flexibility index (Phi) is 15.9. The van der Waals surface area contributed by atoms with Crippen LogP contribution >= 0.6 is 23.5 Å². The van der Waals surface area contributed by atoms with Gasteiger partial charge in [-0.05, 0) is 148 Å². The van der Waals surface area contributed by atoms with Gasteiger partial charge in [0.1, 0.15) is 0 Å². The molecule has 0 heterocycles. The Bertz CT molecular complexity index is 1330. The molecule has 0 aromatic rings. The molecule has 4 rings (SSSR count). The van der Waals surface area contributed by atoms with Crippen LogP contribution in [0.5, 0.6) is 0 Å². The van der Waals surface area contributed by atoms with E-state index in [-0.39, 0.29) is 15.5 Å². The lowest BCUT2D eigenvalue weighted by Crippen LogP contribution is -2.51. The zero-order chi connectivity index (χ0) is 41.3. The molecular formula is C47H88O4S2Si2. The second-order valence-corrected chi connectivity index (χ2v) is 34.5. The number of allylic oxidation sites excluding steroid dienone is 4. The third-order valence-corrected chi connectivity index (χ3v) is 29.0. The molecule has 320 valence electrons. The average molecular weight is 838 g/mol. The Morgan fingerprint density at radius 3 is 1.75 bits per heavy atom. The highest BCUT2D eigenvalue weighted by Gasteiger charge is 2.58. The van der Waals surface area contributed by atoms with Gasteiger partial charge in [0, 0.05) is 29.1 Å². The first kappa shape index (κ1) is 48.1. The highest BCUT2D eigenvalue weighted by atomic mass is 32.2. The summed E-state index contributed by atoms with van der Waals surface area (Å²) in [6, 6.07) is 0. The zero-order valence-electron chi connectivity index (χ0n) is 38.6. The summed E-state index contributed by atoms with van der Waals surface area (Å²) in [5.41, 5.74) is 2.74. The minimum Gasteiger partial charge on any atom is -0.417 e. The molecule has 0 aliphatic heterocycles. The van der Waals surface area contributed by atoms with Crippen molar-refractivity contribution in [3.8, 4) is 0 Å². The van der Waals surface area contributed by atoms with Crippen LogP contribution in [0, 0.1) is 28.6 Å². The maximum atomic E-state index is 11.9. The van der Waals surface area contributed by atoms with Gasteiger partial charge in [0.05, 0.1) is 11.2 Å². The molecule has 4 nitrogen and oxygen atoms in total.